The average molecular weight is 281 g/mol. The number of anilines is 1. The van der Waals surface area contributed by atoms with Crippen molar-refractivity contribution in [1.82, 2.24) is 4.90 Å². The molecule has 0 aliphatic rings. The van der Waals surface area contributed by atoms with E-state index in [9.17, 15) is 10.1 Å². The molecular formula is C14H23N3O3. The van der Waals surface area contributed by atoms with Gasteiger partial charge in [-0.05, 0) is 40.9 Å². The molecule has 0 radical (unpaired) electrons. The number of hydrogen-bond acceptors (Lipinski definition) is 5. The Bertz CT molecular complexity index is 461. The van der Waals surface area contributed by atoms with Gasteiger partial charge in [0.15, 0.2) is 5.75 Å². The topological polar surface area (TPSA) is 67.6 Å². The van der Waals surface area contributed by atoms with Gasteiger partial charge in [0.05, 0.1) is 11.0 Å². The highest BCUT2D eigenvalue weighted by molar-refractivity contribution is 5.58. The van der Waals surface area contributed by atoms with Gasteiger partial charge >= 0.3 is 5.69 Å². The molecular weight excluding hydrogens is 258 g/mol. The molecule has 1 rings (SSSR count). The molecule has 1 aromatic rings. The Morgan fingerprint density at radius 2 is 2.00 bits per heavy atom. The maximum absolute atomic E-state index is 11.0. The number of benzene rings is 1. The molecule has 0 saturated heterocycles. The molecule has 1 atom stereocenters. The van der Waals surface area contributed by atoms with Crippen LogP contribution in [0.25, 0.3) is 0 Å². The molecule has 6 heteroatoms. The van der Waals surface area contributed by atoms with E-state index in [0.717, 1.165) is 12.2 Å². The van der Waals surface area contributed by atoms with Gasteiger partial charge in [0.2, 0.25) is 0 Å². The summed E-state index contributed by atoms with van der Waals surface area (Å²) in [4.78, 5) is 12.6. The molecule has 1 aromatic carbocycles. The van der Waals surface area contributed by atoms with Gasteiger partial charge in [-0.15, -0.1) is 0 Å². The third-order valence-electron chi connectivity index (χ3n) is 2.57. The molecule has 112 valence electrons. The molecule has 0 aromatic heterocycles. The summed E-state index contributed by atoms with van der Waals surface area (Å²) in [6.07, 6.45) is -0.108. The second-order valence-corrected chi connectivity index (χ2v) is 5.41. The zero-order valence-electron chi connectivity index (χ0n) is 12.7. The molecule has 0 heterocycles. The van der Waals surface area contributed by atoms with E-state index in [0.29, 0.717) is 5.75 Å². The van der Waals surface area contributed by atoms with E-state index in [4.69, 9.17) is 4.74 Å². The summed E-state index contributed by atoms with van der Waals surface area (Å²) in [6.45, 7) is 6.62. The summed E-state index contributed by atoms with van der Waals surface area (Å²) < 4.78 is 5.52. The fourth-order valence-corrected chi connectivity index (χ4v) is 1.98. The maximum Gasteiger partial charge on any atom is 0.311 e. The van der Waals surface area contributed by atoms with Crippen molar-refractivity contribution in [2.45, 2.75) is 32.9 Å². The Morgan fingerprint density at radius 3 is 2.50 bits per heavy atom. The van der Waals surface area contributed by atoms with Crippen LogP contribution in [0.3, 0.4) is 0 Å². The standard InChI is InChI=1S/C14H23N3O3/c1-10(2)20-14-8-12(6-7-13(14)17(18)19)15-11(3)9-16(4)5/h6-8,10-11,15H,9H2,1-5H3. The van der Waals surface area contributed by atoms with E-state index in [-0.39, 0.29) is 17.8 Å². The van der Waals surface area contributed by atoms with Gasteiger partial charge < -0.3 is 15.0 Å². The first-order valence-electron chi connectivity index (χ1n) is 6.66. The molecule has 0 fully saturated rings. The molecule has 0 spiro atoms. The van der Waals surface area contributed by atoms with Crippen molar-refractivity contribution in [1.29, 1.82) is 0 Å². The number of likely N-dealkylation sites (N-methyl/N-ethyl adjacent to an activating group) is 1. The first-order chi connectivity index (χ1) is 9.29. The Hall–Kier alpha value is -1.82. The first-order valence-corrected chi connectivity index (χ1v) is 6.66. The molecule has 1 unspecified atom stereocenters. The van der Waals surface area contributed by atoms with Crippen molar-refractivity contribution in [3.05, 3.63) is 28.3 Å². The fraction of sp³-hybridized carbons (Fsp3) is 0.571. The summed E-state index contributed by atoms with van der Waals surface area (Å²) in [5.41, 5.74) is 0.810. The van der Waals surface area contributed by atoms with Crippen LogP contribution in [0.15, 0.2) is 18.2 Å². The van der Waals surface area contributed by atoms with E-state index >= 15 is 0 Å². The number of nitrogens with zero attached hydrogens (tertiary/aromatic N) is 2. The second-order valence-electron chi connectivity index (χ2n) is 5.41. The van der Waals surface area contributed by atoms with Crippen LogP contribution in [0.1, 0.15) is 20.8 Å². The third kappa shape index (κ3) is 5.05. The fourth-order valence-electron chi connectivity index (χ4n) is 1.98. The molecule has 0 amide bonds. The normalized spacial score (nSPS) is 12.6. The van der Waals surface area contributed by atoms with Gasteiger partial charge in [-0.3, -0.25) is 10.1 Å². The van der Waals surface area contributed by atoms with Crippen molar-refractivity contribution in [3.63, 3.8) is 0 Å². The largest absolute Gasteiger partial charge is 0.484 e. The van der Waals surface area contributed by atoms with Crippen molar-refractivity contribution in [3.8, 4) is 5.75 Å². The van der Waals surface area contributed by atoms with E-state index in [1.165, 1.54) is 6.07 Å². The van der Waals surface area contributed by atoms with E-state index in [2.05, 4.69) is 17.1 Å². The maximum atomic E-state index is 11.0. The monoisotopic (exact) mass is 281 g/mol. The smallest absolute Gasteiger partial charge is 0.311 e. The van der Waals surface area contributed by atoms with Crippen LogP contribution in [0.5, 0.6) is 5.75 Å². The highest BCUT2D eigenvalue weighted by Gasteiger charge is 2.17. The summed E-state index contributed by atoms with van der Waals surface area (Å²) in [5, 5.41) is 14.3. The SMILES string of the molecule is CC(CN(C)C)Nc1ccc([N+](=O)[O-])c(OC(C)C)c1. The molecule has 6 nitrogen and oxygen atoms in total. The zero-order valence-corrected chi connectivity index (χ0v) is 12.7. The first kappa shape index (κ1) is 16.2. The van der Waals surface area contributed by atoms with Crippen LogP contribution < -0.4 is 10.1 Å². The lowest BCUT2D eigenvalue weighted by Crippen LogP contribution is -2.29. The predicted octanol–water partition coefficient (Wildman–Crippen LogP) is 2.74. The summed E-state index contributed by atoms with van der Waals surface area (Å²) >= 11 is 0. The summed E-state index contributed by atoms with van der Waals surface area (Å²) in [5.74, 6) is 0.298. The van der Waals surface area contributed by atoms with Crippen molar-refractivity contribution in [2.24, 2.45) is 0 Å². The molecule has 0 aliphatic carbocycles. The number of nitro benzene ring substituents is 1. The minimum absolute atomic E-state index is 0.00971. The van der Waals surface area contributed by atoms with Gasteiger partial charge in [0.1, 0.15) is 0 Å². The van der Waals surface area contributed by atoms with Crippen LogP contribution in [-0.4, -0.2) is 42.6 Å². The van der Waals surface area contributed by atoms with E-state index < -0.39 is 4.92 Å². The Labute approximate surface area is 119 Å². The molecule has 0 bridgehead atoms. The van der Waals surface area contributed by atoms with Gasteiger partial charge in [-0.25, -0.2) is 0 Å². The van der Waals surface area contributed by atoms with Crippen molar-refractivity contribution >= 4 is 11.4 Å². The van der Waals surface area contributed by atoms with Crippen LogP contribution in [0.4, 0.5) is 11.4 Å². The van der Waals surface area contributed by atoms with Crippen molar-refractivity contribution in [2.75, 3.05) is 26.0 Å². The van der Waals surface area contributed by atoms with Crippen LogP contribution in [0.2, 0.25) is 0 Å². The Kier molecular flexibility index (Phi) is 5.76. The van der Waals surface area contributed by atoms with Gasteiger partial charge in [0, 0.05) is 30.4 Å². The number of hydrogen-bond donors (Lipinski definition) is 1. The van der Waals surface area contributed by atoms with E-state index in [1.807, 2.05) is 27.9 Å². The van der Waals surface area contributed by atoms with Crippen LogP contribution in [-0.2, 0) is 0 Å². The predicted molar refractivity (Wildman–Crippen MR) is 80.5 cm³/mol. The van der Waals surface area contributed by atoms with Crippen LogP contribution in [0, 0.1) is 10.1 Å². The minimum atomic E-state index is -0.426. The molecule has 1 N–H and O–H groups in total. The molecule has 0 saturated carbocycles. The summed E-state index contributed by atoms with van der Waals surface area (Å²) in [6, 6.07) is 5.10. The quantitative estimate of drug-likeness (QED) is 0.615. The number of nitro groups is 1. The van der Waals surface area contributed by atoms with Gasteiger partial charge in [-0.1, -0.05) is 0 Å². The highest BCUT2D eigenvalue weighted by Crippen LogP contribution is 2.31. The Morgan fingerprint density at radius 1 is 1.35 bits per heavy atom. The van der Waals surface area contributed by atoms with Crippen LogP contribution >= 0.6 is 0 Å². The summed E-state index contributed by atoms with van der Waals surface area (Å²) in [7, 11) is 4.00. The molecule has 0 aliphatic heterocycles. The lowest BCUT2D eigenvalue weighted by molar-refractivity contribution is -0.386. The Balaban J connectivity index is 2.91. The highest BCUT2D eigenvalue weighted by atomic mass is 16.6. The number of rotatable bonds is 7. The lowest BCUT2D eigenvalue weighted by atomic mass is 10.2. The second kappa shape index (κ2) is 7.09. The number of nitrogens with one attached hydrogen (secondary N) is 1. The lowest BCUT2D eigenvalue weighted by Gasteiger charge is -2.20. The van der Waals surface area contributed by atoms with E-state index in [1.54, 1.807) is 12.1 Å². The molecule has 20 heavy (non-hydrogen) atoms. The average Bonchev–Trinajstić information content (AvgIpc) is 2.26. The van der Waals surface area contributed by atoms with Crippen molar-refractivity contribution < 1.29 is 9.66 Å². The minimum Gasteiger partial charge on any atom is -0.484 e. The number of ether oxygens (including phenoxy) is 1. The van der Waals surface area contributed by atoms with Gasteiger partial charge in [0.25, 0.3) is 0 Å². The third-order valence-corrected chi connectivity index (χ3v) is 2.57. The zero-order chi connectivity index (χ0) is 15.3. The van der Waals surface area contributed by atoms with Gasteiger partial charge in [-0.2, -0.15) is 0 Å².